The van der Waals surface area contributed by atoms with Crippen molar-refractivity contribution in [3.05, 3.63) is 34.5 Å². The van der Waals surface area contributed by atoms with Gasteiger partial charge in [0.05, 0.1) is 16.9 Å². The average molecular weight is 498 g/mol. The van der Waals surface area contributed by atoms with Crippen molar-refractivity contribution in [1.82, 2.24) is 19.5 Å². The van der Waals surface area contributed by atoms with Crippen LogP contribution in [0.2, 0.25) is 5.02 Å². The largest absolute Gasteiger partial charge is 0.381 e. The molecular formula is C25H32ClN7O2. The lowest BCUT2D eigenvalue weighted by atomic mass is 9.85. The third kappa shape index (κ3) is 5.06. The summed E-state index contributed by atoms with van der Waals surface area (Å²) >= 11 is 6.58. The lowest BCUT2D eigenvalue weighted by molar-refractivity contribution is -0.122. The molecule has 9 nitrogen and oxygen atoms in total. The number of carbonyl (C=O) groups excluding carboxylic acids is 1. The van der Waals surface area contributed by atoms with E-state index in [-0.39, 0.29) is 23.9 Å². The van der Waals surface area contributed by atoms with E-state index >= 15 is 0 Å². The van der Waals surface area contributed by atoms with Crippen molar-refractivity contribution < 1.29 is 9.53 Å². The van der Waals surface area contributed by atoms with Gasteiger partial charge in [-0.15, -0.1) is 0 Å². The summed E-state index contributed by atoms with van der Waals surface area (Å²) in [5.74, 6) is 0.966. The number of halogens is 1. The first-order chi connectivity index (χ1) is 16.9. The second kappa shape index (κ2) is 9.99. The minimum atomic E-state index is -0.218. The Labute approximate surface area is 209 Å². The van der Waals surface area contributed by atoms with Crippen molar-refractivity contribution in [3.8, 4) is 0 Å². The number of hydrogen-bond donors (Lipinski definition) is 3. The first-order valence-electron chi connectivity index (χ1n) is 12.3. The Morgan fingerprint density at radius 2 is 1.80 bits per heavy atom. The Hall–Kier alpha value is -2.91. The number of aromatic nitrogens is 4. The molecule has 186 valence electrons. The molecule has 2 fully saturated rings. The van der Waals surface area contributed by atoms with E-state index in [1.54, 1.807) is 6.20 Å². The molecule has 2 aliphatic rings. The normalized spacial score (nSPS) is 21.2. The Bertz CT molecular complexity index is 1230. The molecule has 5 rings (SSSR count). The first-order valence-corrected chi connectivity index (χ1v) is 12.7. The summed E-state index contributed by atoms with van der Waals surface area (Å²) in [6, 6.07) is 4.42. The molecule has 3 heterocycles. The minimum Gasteiger partial charge on any atom is -0.381 e. The lowest BCUT2D eigenvalue weighted by Gasteiger charge is -2.29. The van der Waals surface area contributed by atoms with Gasteiger partial charge in [-0.1, -0.05) is 11.6 Å². The number of imidazole rings is 1. The van der Waals surface area contributed by atoms with Gasteiger partial charge in [-0.25, -0.2) is 9.97 Å². The average Bonchev–Trinajstić information content (AvgIpc) is 3.20. The highest BCUT2D eigenvalue weighted by Gasteiger charge is 2.29. The van der Waals surface area contributed by atoms with Crippen molar-refractivity contribution in [1.29, 1.82) is 0 Å². The van der Waals surface area contributed by atoms with Crippen LogP contribution in [0.1, 0.15) is 55.7 Å². The second-order valence-corrected chi connectivity index (χ2v) is 10.1. The number of rotatable bonds is 6. The zero-order valence-electron chi connectivity index (χ0n) is 20.2. The molecule has 10 heteroatoms. The van der Waals surface area contributed by atoms with E-state index in [4.69, 9.17) is 32.0 Å². The van der Waals surface area contributed by atoms with E-state index in [2.05, 4.69) is 27.1 Å². The third-order valence-corrected chi connectivity index (χ3v) is 7.59. The van der Waals surface area contributed by atoms with Crippen molar-refractivity contribution in [2.45, 2.75) is 64.5 Å². The number of benzene rings is 1. The van der Waals surface area contributed by atoms with E-state index in [1.807, 2.05) is 19.1 Å². The maximum absolute atomic E-state index is 11.7. The molecule has 1 saturated heterocycles. The molecule has 0 radical (unpaired) electrons. The zero-order valence-corrected chi connectivity index (χ0v) is 20.9. The summed E-state index contributed by atoms with van der Waals surface area (Å²) in [7, 11) is 0. The highest BCUT2D eigenvalue weighted by molar-refractivity contribution is 6.33. The van der Waals surface area contributed by atoms with Gasteiger partial charge in [0.2, 0.25) is 17.8 Å². The smallest absolute Gasteiger partial charge is 0.224 e. The second-order valence-electron chi connectivity index (χ2n) is 9.69. The minimum absolute atomic E-state index is 0.0768. The van der Waals surface area contributed by atoms with Crippen LogP contribution in [-0.2, 0) is 9.53 Å². The Morgan fingerprint density at radius 3 is 2.51 bits per heavy atom. The molecule has 1 aromatic carbocycles. The monoisotopic (exact) mass is 497 g/mol. The molecule has 1 aliphatic heterocycles. The van der Waals surface area contributed by atoms with Crippen molar-refractivity contribution in [2.75, 3.05) is 23.8 Å². The number of amides is 1. The topological polar surface area (TPSA) is 120 Å². The highest BCUT2D eigenvalue weighted by atomic mass is 35.5. The van der Waals surface area contributed by atoms with E-state index in [0.717, 1.165) is 74.2 Å². The third-order valence-electron chi connectivity index (χ3n) is 7.28. The van der Waals surface area contributed by atoms with Crippen molar-refractivity contribution in [3.63, 3.8) is 0 Å². The number of anilines is 3. The van der Waals surface area contributed by atoms with Gasteiger partial charge in [0, 0.05) is 31.2 Å². The predicted molar refractivity (Wildman–Crippen MR) is 137 cm³/mol. The van der Waals surface area contributed by atoms with Crippen LogP contribution < -0.4 is 16.4 Å². The number of hydrogen-bond acceptors (Lipinski definition) is 7. The maximum atomic E-state index is 11.7. The number of aryl methyl sites for hydroxylation is 2. The summed E-state index contributed by atoms with van der Waals surface area (Å²) < 4.78 is 7.62. The van der Waals surface area contributed by atoms with Crippen molar-refractivity contribution >= 4 is 46.3 Å². The van der Waals surface area contributed by atoms with Crippen LogP contribution in [0.5, 0.6) is 0 Å². The van der Waals surface area contributed by atoms with Crippen molar-refractivity contribution in [2.24, 2.45) is 11.7 Å². The van der Waals surface area contributed by atoms with Gasteiger partial charge >= 0.3 is 0 Å². The Kier molecular flexibility index (Phi) is 6.80. The summed E-state index contributed by atoms with van der Waals surface area (Å²) in [5.41, 5.74) is 10.1. The summed E-state index contributed by atoms with van der Waals surface area (Å²) in [4.78, 5) is 26.0. The number of primary amides is 1. The molecule has 0 bridgehead atoms. The highest BCUT2D eigenvalue weighted by Crippen LogP contribution is 2.38. The van der Waals surface area contributed by atoms with Crippen LogP contribution in [0, 0.1) is 19.8 Å². The van der Waals surface area contributed by atoms with Gasteiger partial charge in [-0.3, -0.25) is 9.36 Å². The van der Waals surface area contributed by atoms with Gasteiger partial charge in [-0.05, 0) is 75.6 Å². The zero-order chi connectivity index (χ0) is 24.5. The molecular weight excluding hydrogens is 466 g/mol. The number of nitrogens with two attached hydrogens (primary N) is 1. The summed E-state index contributed by atoms with van der Waals surface area (Å²) in [6.45, 7) is 5.59. The number of nitrogens with zero attached hydrogens (tertiary/aromatic N) is 4. The van der Waals surface area contributed by atoms with Crippen LogP contribution >= 0.6 is 11.6 Å². The summed E-state index contributed by atoms with van der Waals surface area (Å²) in [5, 5.41) is 7.55. The van der Waals surface area contributed by atoms with Gasteiger partial charge in [0.15, 0.2) is 5.65 Å². The quantitative estimate of drug-likeness (QED) is 0.453. The number of nitrogens with one attached hydrogen (secondary N) is 2. The Balaban J connectivity index is 1.51. The maximum Gasteiger partial charge on any atom is 0.224 e. The fraction of sp³-hybridized carbons (Fsp3) is 0.520. The molecule has 4 N–H and O–H groups in total. The number of ether oxygens (including phenoxy) is 1. The van der Waals surface area contributed by atoms with Crippen LogP contribution in [0.25, 0.3) is 11.2 Å². The molecule has 0 unspecified atom stereocenters. The molecule has 1 aliphatic carbocycles. The molecule has 0 atom stereocenters. The van der Waals surface area contributed by atoms with E-state index in [9.17, 15) is 4.79 Å². The van der Waals surface area contributed by atoms with Gasteiger partial charge in [0.1, 0.15) is 5.52 Å². The Morgan fingerprint density at radius 1 is 1.09 bits per heavy atom. The van der Waals surface area contributed by atoms with Gasteiger partial charge < -0.3 is 21.1 Å². The van der Waals surface area contributed by atoms with Crippen LogP contribution in [0.15, 0.2) is 18.3 Å². The molecule has 3 aromatic rings. The first kappa shape index (κ1) is 23.8. The molecule has 1 amide bonds. The van der Waals surface area contributed by atoms with Gasteiger partial charge in [-0.2, -0.15) is 4.98 Å². The number of carbonyl (C=O) groups is 1. The molecule has 2 aromatic heterocycles. The molecule has 35 heavy (non-hydrogen) atoms. The molecule has 0 spiro atoms. The van der Waals surface area contributed by atoms with E-state index in [0.29, 0.717) is 22.4 Å². The van der Waals surface area contributed by atoms with E-state index in [1.165, 1.54) is 0 Å². The number of fused-ring (bicyclic) bond motifs is 1. The van der Waals surface area contributed by atoms with E-state index < -0.39 is 0 Å². The SMILES string of the molecule is Cc1cc(Cl)c(Nc2nc3cnc(NC4CCOCC4)nc3n2C2CCC(C(N)=O)CC2)cc1C. The van der Waals surface area contributed by atoms with Gasteiger partial charge in [0.25, 0.3) is 0 Å². The van der Waals surface area contributed by atoms with Crippen LogP contribution in [-0.4, -0.2) is 44.7 Å². The lowest BCUT2D eigenvalue weighted by Crippen LogP contribution is -2.29. The van der Waals surface area contributed by atoms with Crippen LogP contribution in [0.4, 0.5) is 17.6 Å². The summed E-state index contributed by atoms with van der Waals surface area (Å²) in [6.07, 6.45) is 6.76. The fourth-order valence-corrected chi connectivity index (χ4v) is 5.30. The predicted octanol–water partition coefficient (Wildman–Crippen LogP) is 4.65. The molecule has 1 saturated carbocycles. The fourth-order valence-electron chi connectivity index (χ4n) is 5.03. The standard InChI is InChI=1S/C25H32ClN7O2/c1-14-11-19(26)20(12-15(14)2)30-25-31-21-13-28-24(29-17-7-9-35-10-8-17)32-23(21)33(25)18-5-3-16(4-6-18)22(27)34/h11-13,16-18H,3-10H2,1-2H3,(H2,27,34)(H,30,31)(H,28,29,32). The van der Waals surface area contributed by atoms with Crippen LogP contribution in [0.3, 0.4) is 0 Å².